The van der Waals surface area contributed by atoms with E-state index in [1.165, 1.54) is 0 Å². The lowest BCUT2D eigenvalue weighted by Gasteiger charge is -2.36. The largest absolute Gasteiger partial charge is 0.491 e. The van der Waals surface area contributed by atoms with Crippen molar-refractivity contribution in [3.63, 3.8) is 0 Å². The summed E-state index contributed by atoms with van der Waals surface area (Å²) in [5, 5.41) is 11.2. The summed E-state index contributed by atoms with van der Waals surface area (Å²) in [5.74, 6) is -0.0860. The first-order valence-corrected chi connectivity index (χ1v) is 11.0. The number of nitrogens with zero attached hydrogens (tertiary/aromatic N) is 2. The number of morpholine rings is 1. The lowest BCUT2D eigenvalue weighted by atomic mass is 10.0. The van der Waals surface area contributed by atoms with Crippen molar-refractivity contribution in [2.75, 3.05) is 32.9 Å². The molecule has 2 aliphatic heterocycles. The molecule has 3 aromatic carbocycles. The van der Waals surface area contributed by atoms with E-state index in [4.69, 9.17) is 14.7 Å². The Morgan fingerprint density at radius 2 is 1.76 bits per heavy atom. The van der Waals surface area contributed by atoms with Crippen molar-refractivity contribution in [2.24, 2.45) is 0 Å². The molecule has 1 fully saturated rings. The third-order valence-corrected chi connectivity index (χ3v) is 6.23. The number of rotatable bonds is 2. The van der Waals surface area contributed by atoms with Crippen molar-refractivity contribution in [1.29, 1.82) is 0 Å². The molecule has 0 aromatic heterocycles. The van der Waals surface area contributed by atoms with Gasteiger partial charge >= 0.3 is 6.03 Å². The van der Waals surface area contributed by atoms with E-state index in [1.807, 2.05) is 28.0 Å². The molecule has 1 atom stereocenters. The summed E-state index contributed by atoms with van der Waals surface area (Å²) in [6.07, 6.45) is 0. The second-order valence-corrected chi connectivity index (χ2v) is 8.21. The van der Waals surface area contributed by atoms with E-state index in [0.717, 1.165) is 21.9 Å². The van der Waals surface area contributed by atoms with Crippen LogP contribution in [0.5, 0.6) is 5.75 Å². The third kappa shape index (κ3) is 4.22. The number of hydrogen-bond donors (Lipinski definition) is 2. The number of urea groups is 1. The van der Waals surface area contributed by atoms with Crippen LogP contribution in [0.2, 0.25) is 0 Å². The molecule has 170 valence electrons. The van der Waals surface area contributed by atoms with Crippen molar-refractivity contribution >= 4 is 22.7 Å². The Labute approximate surface area is 191 Å². The van der Waals surface area contributed by atoms with Crippen LogP contribution in [0.15, 0.2) is 60.7 Å². The smallest absolute Gasteiger partial charge is 0.321 e. The van der Waals surface area contributed by atoms with Gasteiger partial charge in [-0.15, -0.1) is 0 Å². The molecule has 1 saturated heterocycles. The van der Waals surface area contributed by atoms with Gasteiger partial charge in [0.2, 0.25) is 0 Å². The fourth-order valence-corrected chi connectivity index (χ4v) is 4.41. The molecule has 3 amide bonds. The molecule has 0 unspecified atom stereocenters. The second-order valence-electron chi connectivity index (χ2n) is 8.21. The first-order valence-electron chi connectivity index (χ1n) is 11.0. The highest BCUT2D eigenvalue weighted by molar-refractivity contribution is 5.94. The van der Waals surface area contributed by atoms with Crippen molar-refractivity contribution in [1.82, 2.24) is 15.3 Å². The Balaban J connectivity index is 1.53. The lowest BCUT2D eigenvalue weighted by molar-refractivity contribution is 0.0362. The highest BCUT2D eigenvalue weighted by Gasteiger charge is 2.33. The van der Waals surface area contributed by atoms with Gasteiger partial charge in [-0.3, -0.25) is 10.0 Å². The summed E-state index contributed by atoms with van der Waals surface area (Å²) in [5.41, 5.74) is 3.71. The van der Waals surface area contributed by atoms with Crippen LogP contribution in [-0.2, 0) is 11.3 Å². The van der Waals surface area contributed by atoms with E-state index in [-0.39, 0.29) is 24.2 Å². The maximum absolute atomic E-state index is 13.6. The molecule has 0 aliphatic carbocycles. The molecule has 0 radical (unpaired) electrons. The molecule has 2 aliphatic rings. The van der Waals surface area contributed by atoms with Crippen molar-refractivity contribution < 1.29 is 24.3 Å². The zero-order valence-electron chi connectivity index (χ0n) is 18.1. The van der Waals surface area contributed by atoms with Gasteiger partial charge in [0.1, 0.15) is 12.4 Å². The summed E-state index contributed by atoms with van der Waals surface area (Å²) in [4.78, 5) is 29.2. The van der Waals surface area contributed by atoms with Crippen LogP contribution in [0.4, 0.5) is 4.79 Å². The Morgan fingerprint density at radius 1 is 0.970 bits per heavy atom. The van der Waals surface area contributed by atoms with Crippen LogP contribution in [0.1, 0.15) is 27.5 Å². The lowest BCUT2D eigenvalue weighted by Crippen LogP contribution is -2.49. The first-order chi connectivity index (χ1) is 16.1. The molecule has 2 heterocycles. The minimum absolute atomic E-state index is 0.0647. The molecule has 8 nitrogen and oxygen atoms in total. The monoisotopic (exact) mass is 447 g/mol. The van der Waals surface area contributed by atoms with E-state index in [2.05, 4.69) is 24.3 Å². The number of ether oxygens (including phenoxy) is 2. The second kappa shape index (κ2) is 9.09. The molecule has 2 N–H and O–H groups in total. The molecule has 0 bridgehead atoms. The fraction of sp³-hybridized carbons (Fsp3) is 0.280. The maximum atomic E-state index is 13.6. The van der Waals surface area contributed by atoms with Crippen LogP contribution in [0.3, 0.4) is 0 Å². The molecular formula is C25H25N3O5. The van der Waals surface area contributed by atoms with Gasteiger partial charge in [-0.05, 0) is 34.5 Å². The molecule has 5 rings (SSSR count). The number of carbonyl (C=O) groups is 2. The van der Waals surface area contributed by atoms with Gasteiger partial charge in [0.05, 0.1) is 25.8 Å². The summed E-state index contributed by atoms with van der Waals surface area (Å²) in [7, 11) is 0. The van der Waals surface area contributed by atoms with Crippen LogP contribution in [0, 0.1) is 0 Å². The Bertz CT molecular complexity index is 1190. The summed E-state index contributed by atoms with van der Waals surface area (Å²) >= 11 is 0. The first kappa shape index (κ1) is 21.2. The predicted molar refractivity (Wildman–Crippen MR) is 121 cm³/mol. The Hall–Kier alpha value is -3.62. The number of nitrogens with one attached hydrogen (secondary N) is 1. The van der Waals surface area contributed by atoms with Gasteiger partial charge in [-0.2, -0.15) is 0 Å². The number of hydrogen-bond acceptors (Lipinski definition) is 5. The Kier molecular flexibility index (Phi) is 5.85. The number of fused-ring (bicyclic) bond motifs is 2. The van der Waals surface area contributed by atoms with E-state index in [1.54, 1.807) is 23.7 Å². The highest BCUT2D eigenvalue weighted by atomic mass is 16.5. The molecular weight excluding hydrogens is 422 g/mol. The minimum Gasteiger partial charge on any atom is -0.491 e. The predicted octanol–water partition coefficient (Wildman–Crippen LogP) is 3.35. The van der Waals surface area contributed by atoms with Gasteiger partial charge < -0.3 is 19.3 Å². The van der Waals surface area contributed by atoms with Gasteiger partial charge in [0.15, 0.2) is 0 Å². The normalized spacial score (nSPS) is 18.3. The number of carbonyl (C=O) groups excluding carboxylic acids is 2. The average Bonchev–Trinajstić information content (AvgIpc) is 3.07. The molecule has 8 heteroatoms. The third-order valence-electron chi connectivity index (χ3n) is 6.23. The van der Waals surface area contributed by atoms with Gasteiger partial charge in [0.25, 0.3) is 5.91 Å². The Morgan fingerprint density at radius 3 is 2.55 bits per heavy atom. The molecule has 33 heavy (non-hydrogen) atoms. The van der Waals surface area contributed by atoms with Crippen LogP contribution < -0.4 is 10.2 Å². The maximum Gasteiger partial charge on any atom is 0.321 e. The standard InChI is InChI=1S/C25H25N3O5/c29-24(26-31)20-7-8-21-15-28(25(30)27-9-11-32-12-10-27)22(16-33-23(21)14-20)19-6-5-17-3-1-2-4-18(17)13-19/h1-8,13-14,22,31H,9-12,15-16H2,(H,26,29)/t22-/m0/s1. The quantitative estimate of drug-likeness (QED) is 0.464. The summed E-state index contributed by atoms with van der Waals surface area (Å²) in [6, 6.07) is 18.9. The fourth-order valence-electron chi connectivity index (χ4n) is 4.41. The topological polar surface area (TPSA) is 91.3 Å². The van der Waals surface area contributed by atoms with Crippen LogP contribution in [0.25, 0.3) is 10.8 Å². The van der Waals surface area contributed by atoms with Crippen molar-refractivity contribution in [3.05, 3.63) is 77.4 Å². The summed E-state index contributed by atoms with van der Waals surface area (Å²) in [6.45, 7) is 2.71. The summed E-state index contributed by atoms with van der Waals surface area (Å²) < 4.78 is 11.6. The SMILES string of the molecule is O=C(NO)c1ccc2c(c1)OC[C@@H](c1ccc3ccccc3c1)N(C(=O)N1CCOCC1)C2. The molecule has 3 aromatic rings. The van der Waals surface area contributed by atoms with E-state index >= 15 is 0 Å². The van der Waals surface area contributed by atoms with E-state index in [9.17, 15) is 9.59 Å². The van der Waals surface area contributed by atoms with Crippen LogP contribution >= 0.6 is 0 Å². The van der Waals surface area contributed by atoms with Gasteiger partial charge in [0, 0.05) is 24.2 Å². The van der Waals surface area contributed by atoms with Crippen LogP contribution in [-0.4, -0.2) is 59.9 Å². The molecule has 0 spiro atoms. The zero-order chi connectivity index (χ0) is 22.8. The zero-order valence-corrected chi connectivity index (χ0v) is 18.1. The van der Waals surface area contributed by atoms with Crippen molar-refractivity contribution in [2.45, 2.75) is 12.6 Å². The molecule has 0 saturated carbocycles. The van der Waals surface area contributed by atoms with Gasteiger partial charge in [-0.1, -0.05) is 42.5 Å². The van der Waals surface area contributed by atoms with E-state index < -0.39 is 5.91 Å². The minimum atomic E-state index is -0.613. The number of amides is 3. The number of hydroxylamine groups is 1. The van der Waals surface area contributed by atoms with E-state index in [0.29, 0.717) is 38.6 Å². The number of benzene rings is 3. The van der Waals surface area contributed by atoms with Crippen molar-refractivity contribution in [3.8, 4) is 5.75 Å². The highest BCUT2D eigenvalue weighted by Crippen LogP contribution is 2.34. The van der Waals surface area contributed by atoms with Gasteiger partial charge in [-0.25, -0.2) is 10.3 Å². The average molecular weight is 447 g/mol.